The smallest absolute Gasteiger partial charge is 0.253 e. The highest BCUT2D eigenvalue weighted by Crippen LogP contribution is 2.36. The van der Waals surface area contributed by atoms with E-state index in [9.17, 15) is 4.79 Å². The Morgan fingerprint density at radius 1 is 1.32 bits per heavy atom. The Balaban J connectivity index is 1.62. The lowest BCUT2D eigenvalue weighted by Crippen LogP contribution is -2.49. The standard InChI is InChI=1S/C22H27Cl2N3O4/c1-29-8-2-9-30-18-11-14(26-21-16(18)5-6-17(23)20(21)24)13-27(15-3-4-15)22(28)19-12-25-7-10-31-19/h5-6,11,15,19,25H,2-4,7-10,12-13H2,1H3. The van der Waals surface area contributed by atoms with Crippen molar-refractivity contribution in [2.75, 3.05) is 40.0 Å². The SMILES string of the molecule is COCCCOc1cc(CN(C(=O)C2CNCCO2)C2CC2)nc2c(Cl)c(Cl)ccc12. The Kier molecular flexibility index (Phi) is 7.51. The van der Waals surface area contributed by atoms with E-state index in [2.05, 4.69) is 5.32 Å². The second-order valence-electron chi connectivity index (χ2n) is 7.82. The molecule has 2 fully saturated rings. The highest BCUT2D eigenvalue weighted by molar-refractivity contribution is 6.45. The fourth-order valence-corrected chi connectivity index (χ4v) is 4.06. The quantitative estimate of drug-likeness (QED) is 0.569. The van der Waals surface area contributed by atoms with Gasteiger partial charge in [-0.2, -0.15) is 0 Å². The Morgan fingerprint density at radius 2 is 2.16 bits per heavy atom. The molecule has 1 saturated carbocycles. The number of aromatic nitrogens is 1. The molecule has 31 heavy (non-hydrogen) atoms. The second-order valence-corrected chi connectivity index (χ2v) is 8.61. The van der Waals surface area contributed by atoms with Gasteiger partial charge in [0.2, 0.25) is 0 Å². The first-order valence-electron chi connectivity index (χ1n) is 10.6. The van der Waals surface area contributed by atoms with Crippen molar-refractivity contribution in [3.63, 3.8) is 0 Å². The van der Waals surface area contributed by atoms with Gasteiger partial charge in [0.15, 0.2) is 0 Å². The second kappa shape index (κ2) is 10.3. The number of fused-ring (bicyclic) bond motifs is 1. The highest BCUT2D eigenvalue weighted by Gasteiger charge is 2.37. The van der Waals surface area contributed by atoms with Crippen LogP contribution in [0.5, 0.6) is 5.75 Å². The largest absolute Gasteiger partial charge is 0.493 e. The van der Waals surface area contributed by atoms with Gasteiger partial charge < -0.3 is 24.4 Å². The zero-order valence-electron chi connectivity index (χ0n) is 17.5. The number of amides is 1. The van der Waals surface area contributed by atoms with E-state index < -0.39 is 6.10 Å². The number of pyridine rings is 1. The summed E-state index contributed by atoms with van der Waals surface area (Å²) < 4.78 is 16.8. The number of rotatable bonds is 9. The molecule has 1 amide bonds. The number of hydrogen-bond acceptors (Lipinski definition) is 6. The molecule has 9 heteroatoms. The summed E-state index contributed by atoms with van der Waals surface area (Å²) in [6.07, 6.45) is 2.28. The molecule has 1 saturated heterocycles. The number of benzene rings is 1. The first-order chi connectivity index (χ1) is 15.1. The summed E-state index contributed by atoms with van der Waals surface area (Å²) in [5.74, 6) is 0.671. The fourth-order valence-electron chi connectivity index (χ4n) is 3.70. The molecule has 1 aromatic heterocycles. The van der Waals surface area contributed by atoms with Crippen molar-refractivity contribution >= 4 is 40.0 Å². The molecule has 1 aliphatic heterocycles. The molecule has 1 unspecified atom stereocenters. The fraction of sp³-hybridized carbons (Fsp3) is 0.545. The molecule has 7 nitrogen and oxygen atoms in total. The average Bonchev–Trinajstić information content (AvgIpc) is 3.63. The minimum absolute atomic E-state index is 0.00338. The summed E-state index contributed by atoms with van der Waals surface area (Å²) in [6, 6.07) is 5.71. The summed E-state index contributed by atoms with van der Waals surface area (Å²) in [6.45, 7) is 3.32. The van der Waals surface area contributed by atoms with Gasteiger partial charge in [-0.15, -0.1) is 0 Å². The van der Waals surface area contributed by atoms with Crippen molar-refractivity contribution in [3.8, 4) is 5.75 Å². The molecular weight excluding hydrogens is 441 g/mol. The van der Waals surface area contributed by atoms with Crippen LogP contribution >= 0.6 is 23.2 Å². The molecule has 0 spiro atoms. The number of nitrogens with zero attached hydrogens (tertiary/aromatic N) is 2. The van der Waals surface area contributed by atoms with Crippen LogP contribution in [0.15, 0.2) is 18.2 Å². The Bertz CT molecular complexity index is 933. The van der Waals surface area contributed by atoms with Crippen LogP contribution < -0.4 is 10.1 Å². The summed E-state index contributed by atoms with van der Waals surface area (Å²) in [4.78, 5) is 19.8. The third-order valence-corrected chi connectivity index (χ3v) is 6.24. The number of nitrogens with one attached hydrogen (secondary N) is 1. The van der Waals surface area contributed by atoms with Crippen LogP contribution in [0.25, 0.3) is 10.9 Å². The topological polar surface area (TPSA) is 72.9 Å². The van der Waals surface area contributed by atoms with Crippen molar-refractivity contribution < 1.29 is 19.0 Å². The normalized spacial score (nSPS) is 18.9. The van der Waals surface area contributed by atoms with Crippen LogP contribution in [-0.4, -0.2) is 68.0 Å². The molecule has 1 atom stereocenters. The monoisotopic (exact) mass is 467 g/mol. The summed E-state index contributed by atoms with van der Waals surface area (Å²) in [7, 11) is 1.66. The maximum Gasteiger partial charge on any atom is 0.253 e. The predicted octanol–water partition coefficient (Wildman–Crippen LogP) is 3.44. The number of halogens is 2. The Morgan fingerprint density at radius 3 is 2.87 bits per heavy atom. The Labute approximate surface area is 191 Å². The predicted molar refractivity (Wildman–Crippen MR) is 120 cm³/mol. The van der Waals surface area contributed by atoms with Crippen LogP contribution in [0.3, 0.4) is 0 Å². The number of carbonyl (C=O) groups excluding carboxylic acids is 1. The molecule has 168 valence electrons. The first kappa shape index (κ1) is 22.6. The lowest BCUT2D eigenvalue weighted by Gasteiger charge is -2.30. The van der Waals surface area contributed by atoms with Crippen molar-refractivity contribution in [3.05, 3.63) is 33.9 Å². The third kappa shape index (κ3) is 5.41. The highest BCUT2D eigenvalue weighted by atomic mass is 35.5. The van der Waals surface area contributed by atoms with Crippen molar-refractivity contribution in [1.82, 2.24) is 15.2 Å². The van der Waals surface area contributed by atoms with Gasteiger partial charge in [0.25, 0.3) is 5.91 Å². The van der Waals surface area contributed by atoms with Crippen molar-refractivity contribution in [2.45, 2.75) is 38.0 Å². The van der Waals surface area contributed by atoms with Crippen molar-refractivity contribution in [1.29, 1.82) is 0 Å². The minimum Gasteiger partial charge on any atom is -0.493 e. The van der Waals surface area contributed by atoms with Crippen molar-refractivity contribution in [2.24, 2.45) is 0 Å². The van der Waals surface area contributed by atoms with Gasteiger partial charge in [-0.3, -0.25) is 4.79 Å². The van der Waals surface area contributed by atoms with E-state index in [4.69, 9.17) is 42.4 Å². The zero-order chi connectivity index (χ0) is 21.8. The Hall–Kier alpha value is -1.64. The van der Waals surface area contributed by atoms with Crippen LogP contribution in [0.1, 0.15) is 25.0 Å². The zero-order valence-corrected chi connectivity index (χ0v) is 19.0. The molecule has 0 radical (unpaired) electrons. The molecule has 2 aliphatic rings. The van der Waals surface area contributed by atoms with E-state index in [1.54, 1.807) is 13.2 Å². The molecule has 1 aliphatic carbocycles. The minimum atomic E-state index is -0.461. The average molecular weight is 468 g/mol. The van der Waals surface area contributed by atoms with Gasteiger partial charge in [0, 0.05) is 50.7 Å². The van der Waals surface area contributed by atoms with E-state index in [1.807, 2.05) is 17.0 Å². The molecule has 0 bridgehead atoms. The number of ether oxygens (including phenoxy) is 3. The van der Waals surface area contributed by atoms with E-state index >= 15 is 0 Å². The maximum absolute atomic E-state index is 13.1. The van der Waals surface area contributed by atoms with Crippen LogP contribution in [0.2, 0.25) is 10.0 Å². The van der Waals surface area contributed by atoms with Gasteiger partial charge in [-0.1, -0.05) is 23.2 Å². The molecule has 1 aromatic carbocycles. The van der Waals surface area contributed by atoms with E-state index in [-0.39, 0.29) is 11.9 Å². The summed E-state index contributed by atoms with van der Waals surface area (Å²) in [5, 5.41) is 4.83. The van der Waals surface area contributed by atoms with Gasteiger partial charge in [0.1, 0.15) is 11.9 Å². The molecular formula is C22H27Cl2N3O4. The molecule has 4 rings (SSSR count). The first-order valence-corrected chi connectivity index (χ1v) is 11.4. The number of hydrogen-bond donors (Lipinski definition) is 1. The summed E-state index contributed by atoms with van der Waals surface area (Å²) >= 11 is 12.7. The van der Waals surface area contributed by atoms with Crippen LogP contribution in [0, 0.1) is 0 Å². The molecule has 1 N–H and O–H groups in total. The van der Waals surface area contributed by atoms with Crippen LogP contribution in [0.4, 0.5) is 0 Å². The molecule has 2 aromatic rings. The van der Waals surface area contributed by atoms with Crippen LogP contribution in [-0.2, 0) is 20.8 Å². The third-order valence-electron chi connectivity index (χ3n) is 5.44. The van der Waals surface area contributed by atoms with Gasteiger partial charge in [-0.05, 0) is 25.0 Å². The van der Waals surface area contributed by atoms with Gasteiger partial charge in [0.05, 0.1) is 41.0 Å². The van der Waals surface area contributed by atoms with E-state index in [0.717, 1.165) is 31.2 Å². The van der Waals surface area contributed by atoms with E-state index in [1.165, 1.54) is 0 Å². The van der Waals surface area contributed by atoms with Gasteiger partial charge >= 0.3 is 0 Å². The lowest BCUT2D eigenvalue weighted by molar-refractivity contribution is -0.146. The van der Waals surface area contributed by atoms with Gasteiger partial charge in [-0.25, -0.2) is 4.98 Å². The number of morpholine rings is 1. The summed E-state index contributed by atoms with van der Waals surface area (Å²) in [5.41, 5.74) is 1.29. The van der Waals surface area contributed by atoms with E-state index in [0.29, 0.717) is 59.9 Å². The number of carbonyl (C=O) groups is 1. The lowest BCUT2D eigenvalue weighted by atomic mass is 10.1. The number of methoxy groups -OCH3 is 1. The maximum atomic E-state index is 13.1. The molecule has 2 heterocycles.